The molecule has 1 rings (SSSR count). The zero-order valence-electron chi connectivity index (χ0n) is 7.31. The van der Waals surface area contributed by atoms with Crippen LogP contribution in [0.3, 0.4) is 0 Å². The van der Waals surface area contributed by atoms with Crippen LogP contribution < -0.4 is 5.32 Å². The standard InChI is InChI=1S/C7H6BrN3O4/c8-5-1-4(11(14)15)2-9-7(5)10-3-6(12)13/h1-2H,3H2,(H,9,10)(H,12,13). The third-order valence-corrected chi connectivity index (χ3v) is 2.05. The summed E-state index contributed by atoms with van der Waals surface area (Å²) in [6.07, 6.45) is 1.05. The first-order valence-corrected chi connectivity index (χ1v) is 4.55. The van der Waals surface area contributed by atoms with E-state index in [1.165, 1.54) is 6.07 Å². The largest absolute Gasteiger partial charge is 0.480 e. The Morgan fingerprint density at radius 2 is 2.40 bits per heavy atom. The van der Waals surface area contributed by atoms with Gasteiger partial charge in [-0.3, -0.25) is 14.9 Å². The minimum absolute atomic E-state index is 0.164. The number of nitrogens with zero attached hydrogens (tertiary/aromatic N) is 2. The Morgan fingerprint density at radius 3 is 2.87 bits per heavy atom. The number of hydrogen-bond donors (Lipinski definition) is 2. The molecule has 2 N–H and O–H groups in total. The molecular formula is C7H6BrN3O4. The molecule has 0 aliphatic heterocycles. The van der Waals surface area contributed by atoms with Crippen LogP contribution in [-0.4, -0.2) is 27.5 Å². The minimum Gasteiger partial charge on any atom is -0.480 e. The lowest BCUT2D eigenvalue weighted by atomic mass is 10.4. The van der Waals surface area contributed by atoms with E-state index in [0.717, 1.165) is 6.20 Å². The molecule has 0 atom stereocenters. The number of carboxylic acid groups (broad SMARTS) is 1. The van der Waals surface area contributed by atoms with Crippen LogP contribution in [0, 0.1) is 10.1 Å². The zero-order valence-corrected chi connectivity index (χ0v) is 8.89. The van der Waals surface area contributed by atoms with Gasteiger partial charge in [0.15, 0.2) is 0 Å². The molecule has 0 bridgehead atoms. The van der Waals surface area contributed by atoms with Gasteiger partial charge in [0.25, 0.3) is 5.69 Å². The smallest absolute Gasteiger partial charge is 0.322 e. The van der Waals surface area contributed by atoms with Crippen LogP contribution in [0.15, 0.2) is 16.7 Å². The SMILES string of the molecule is O=C(O)CNc1ncc([N+](=O)[O-])cc1Br. The van der Waals surface area contributed by atoms with Crippen molar-refractivity contribution in [2.45, 2.75) is 0 Å². The predicted octanol–water partition coefficient (Wildman–Crippen LogP) is 1.25. The van der Waals surface area contributed by atoms with Crippen LogP contribution in [0.5, 0.6) is 0 Å². The summed E-state index contributed by atoms with van der Waals surface area (Å²) in [7, 11) is 0. The van der Waals surface area contributed by atoms with E-state index < -0.39 is 10.9 Å². The molecule has 0 saturated carbocycles. The molecule has 80 valence electrons. The molecule has 0 aromatic carbocycles. The van der Waals surface area contributed by atoms with Gasteiger partial charge >= 0.3 is 5.97 Å². The number of nitrogens with one attached hydrogen (secondary N) is 1. The molecule has 0 amide bonds. The Bertz CT molecular complexity index is 409. The van der Waals surface area contributed by atoms with E-state index in [9.17, 15) is 14.9 Å². The van der Waals surface area contributed by atoms with E-state index in [0.29, 0.717) is 4.47 Å². The van der Waals surface area contributed by atoms with Gasteiger partial charge in [0.2, 0.25) is 0 Å². The van der Waals surface area contributed by atoms with E-state index in [1.807, 2.05) is 0 Å². The molecule has 15 heavy (non-hydrogen) atoms. The van der Waals surface area contributed by atoms with Gasteiger partial charge in [-0.05, 0) is 15.9 Å². The summed E-state index contributed by atoms with van der Waals surface area (Å²) >= 11 is 3.04. The van der Waals surface area contributed by atoms with Crippen LogP contribution >= 0.6 is 15.9 Å². The van der Waals surface area contributed by atoms with Crippen molar-refractivity contribution in [1.82, 2.24) is 4.98 Å². The van der Waals surface area contributed by atoms with E-state index >= 15 is 0 Å². The monoisotopic (exact) mass is 275 g/mol. The van der Waals surface area contributed by atoms with E-state index in [4.69, 9.17) is 5.11 Å². The van der Waals surface area contributed by atoms with Crippen molar-refractivity contribution >= 4 is 33.4 Å². The number of aliphatic carboxylic acids is 1. The Hall–Kier alpha value is -1.70. The van der Waals surface area contributed by atoms with Gasteiger partial charge in [0, 0.05) is 6.07 Å². The summed E-state index contributed by atoms with van der Waals surface area (Å²) < 4.78 is 0.345. The number of carboxylic acids is 1. The first-order chi connectivity index (χ1) is 7.00. The van der Waals surface area contributed by atoms with E-state index in [-0.39, 0.29) is 18.1 Å². The number of halogens is 1. The van der Waals surface area contributed by atoms with Gasteiger partial charge in [0.1, 0.15) is 18.6 Å². The highest BCUT2D eigenvalue weighted by atomic mass is 79.9. The highest BCUT2D eigenvalue weighted by Gasteiger charge is 2.10. The fourth-order valence-electron chi connectivity index (χ4n) is 0.817. The summed E-state index contributed by atoms with van der Waals surface area (Å²) in [5, 5.41) is 21.3. The Morgan fingerprint density at radius 1 is 1.73 bits per heavy atom. The van der Waals surface area contributed by atoms with Gasteiger partial charge in [0.05, 0.1) is 9.40 Å². The molecule has 0 aliphatic carbocycles. The van der Waals surface area contributed by atoms with Crippen LogP contribution in [0.1, 0.15) is 0 Å². The highest BCUT2D eigenvalue weighted by Crippen LogP contribution is 2.23. The third-order valence-electron chi connectivity index (χ3n) is 1.44. The van der Waals surface area contributed by atoms with E-state index in [2.05, 4.69) is 26.2 Å². The lowest BCUT2D eigenvalue weighted by molar-refractivity contribution is -0.385. The van der Waals surface area contributed by atoms with Crippen molar-refractivity contribution < 1.29 is 14.8 Å². The maximum atomic E-state index is 10.4. The fraction of sp³-hybridized carbons (Fsp3) is 0.143. The van der Waals surface area contributed by atoms with Crippen molar-refractivity contribution in [2.75, 3.05) is 11.9 Å². The lowest BCUT2D eigenvalue weighted by Gasteiger charge is -2.03. The van der Waals surface area contributed by atoms with Crippen molar-refractivity contribution in [3.8, 4) is 0 Å². The quantitative estimate of drug-likeness (QED) is 0.633. The van der Waals surface area contributed by atoms with Crippen molar-refractivity contribution in [2.24, 2.45) is 0 Å². The Balaban J connectivity index is 2.83. The molecule has 1 aromatic rings. The zero-order chi connectivity index (χ0) is 11.4. The van der Waals surface area contributed by atoms with Crippen LogP contribution in [0.4, 0.5) is 11.5 Å². The minimum atomic E-state index is -1.04. The maximum Gasteiger partial charge on any atom is 0.322 e. The molecule has 0 aliphatic rings. The van der Waals surface area contributed by atoms with Gasteiger partial charge in [-0.1, -0.05) is 0 Å². The first kappa shape index (κ1) is 11.4. The normalized spacial score (nSPS) is 9.67. The Labute approximate surface area is 92.4 Å². The molecular weight excluding hydrogens is 270 g/mol. The lowest BCUT2D eigenvalue weighted by Crippen LogP contribution is -2.13. The first-order valence-electron chi connectivity index (χ1n) is 3.76. The van der Waals surface area contributed by atoms with Gasteiger partial charge < -0.3 is 10.4 Å². The van der Waals surface area contributed by atoms with Crippen molar-refractivity contribution in [3.63, 3.8) is 0 Å². The summed E-state index contributed by atoms with van der Waals surface area (Å²) in [5.41, 5.74) is -0.164. The summed E-state index contributed by atoms with van der Waals surface area (Å²) in [4.78, 5) is 23.7. The molecule has 1 heterocycles. The molecule has 8 heteroatoms. The van der Waals surface area contributed by atoms with Gasteiger partial charge in [-0.25, -0.2) is 4.98 Å². The number of rotatable bonds is 4. The van der Waals surface area contributed by atoms with Crippen LogP contribution in [0.25, 0.3) is 0 Å². The number of carbonyl (C=O) groups is 1. The molecule has 1 aromatic heterocycles. The second-order valence-corrected chi connectivity index (χ2v) is 3.38. The summed E-state index contributed by atoms with van der Waals surface area (Å²) in [6.45, 7) is -0.302. The number of anilines is 1. The molecule has 0 unspecified atom stereocenters. The van der Waals surface area contributed by atoms with Crippen molar-refractivity contribution in [1.29, 1.82) is 0 Å². The van der Waals surface area contributed by atoms with Crippen LogP contribution in [-0.2, 0) is 4.79 Å². The second-order valence-electron chi connectivity index (χ2n) is 2.53. The van der Waals surface area contributed by atoms with Crippen molar-refractivity contribution in [3.05, 3.63) is 26.9 Å². The number of aromatic nitrogens is 1. The Kier molecular flexibility index (Phi) is 3.56. The molecule has 0 spiro atoms. The summed E-state index contributed by atoms with van der Waals surface area (Å²) in [6, 6.07) is 1.25. The average Bonchev–Trinajstić information content (AvgIpc) is 2.15. The summed E-state index contributed by atoms with van der Waals surface area (Å²) in [5.74, 6) is -0.787. The topological polar surface area (TPSA) is 105 Å². The molecule has 0 saturated heterocycles. The average molecular weight is 276 g/mol. The van der Waals surface area contributed by atoms with Gasteiger partial charge in [-0.2, -0.15) is 0 Å². The third kappa shape index (κ3) is 3.17. The van der Waals surface area contributed by atoms with Gasteiger partial charge in [-0.15, -0.1) is 0 Å². The number of nitro groups is 1. The fourth-order valence-corrected chi connectivity index (χ4v) is 1.29. The number of hydrogen-bond acceptors (Lipinski definition) is 5. The number of pyridine rings is 1. The maximum absolute atomic E-state index is 10.4. The van der Waals surface area contributed by atoms with Crippen LogP contribution in [0.2, 0.25) is 0 Å². The predicted molar refractivity (Wildman–Crippen MR) is 54.7 cm³/mol. The molecule has 0 radical (unpaired) electrons. The molecule has 0 fully saturated rings. The van der Waals surface area contributed by atoms with E-state index in [1.54, 1.807) is 0 Å². The molecule has 7 nitrogen and oxygen atoms in total. The second kappa shape index (κ2) is 4.69. The highest BCUT2D eigenvalue weighted by molar-refractivity contribution is 9.10.